The van der Waals surface area contributed by atoms with Crippen molar-refractivity contribution in [2.24, 2.45) is 5.41 Å². The molecule has 1 unspecified atom stereocenters. The molecule has 34 heavy (non-hydrogen) atoms. The van der Waals surface area contributed by atoms with Crippen molar-refractivity contribution in [1.82, 2.24) is 4.90 Å². The number of carbonyl (C=O) groups excluding carboxylic acids is 1. The number of hydrogen-bond acceptors (Lipinski definition) is 5. The Hall–Kier alpha value is -3.06. The molecule has 7 heteroatoms. The molecule has 0 radical (unpaired) electrons. The van der Waals surface area contributed by atoms with Crippen LogP contribution in [0.4, 0.5) is 11.4 Å². The number of morpholine rings is 1. The standard InChI is InChI=1S/C27H33N3O4/c1-27(2)17-20-15-19(25(31)30-10-4-7-23(30)26(32)33)8-9-22(20)28-24(27)18-5-3-6-21(16-18)29-11-13-34-14-12-29/h3,5-6,8-9,15-16,23-24,28H,4,7,10-14,17H2,1-2H3,(H,32,33)/t23-,24?/m0/s1. The van der Waals surface area contributed by atoms with Gasteiger partial charge in [-0.1, -0.05) is 26.0 Å². The number of amides is 1. The number of rotatable bonds is 4. The van der Waals surface area contributed by atoms with Crippen LogP contribution < -0.4 is 10.2 Å². The number of fused-ring (bicyclic) bond motifs is 1. The maximum absolute atomic E-state index is 13.1. The quantitative estimate of drug-likeness (QED) is 0.715. The second-order valence-corrected chi connectivity index (χ2v) is 10.3. The van der Waals surface area contributed by atoms with Gasteiger partial charge in [-0.15, -0.1) is 0 Å². The van der Waals surface area contributed by atoms with E-state index in [1.54, 1.807) is 0 Å². The number of nitrogens with one attached hydrogen (secondary N) is 1. The molecule has 3 aliphatic heterocycles. The SMILES string of the molecule is CC1(C)Cc2cc(C(=O)N3CCC[C@H]3C(=O)O)ccc2NC1c1cccc(N2CCOCC2)c1. The lowest BCUT2D eigenvalue weighted by Gasteiger charge is -2.42. The number of carbonyl (C=O) groups is 2. The maximum Gasteiger partial charge on any atom is 0.326 e. The van der Waals surface area contributed by atoms with Crippen molar-refractivity contribution in [3.8, 4) is 0 Å². The molecule has 0 bridgehead atoms. The Morgan fingerprint density at radius 3 is 2.65 bits per heavy atom. The summed E-state index contributed by atoms with van der Waals surface area (Å²) in [7, 11) is 0. The lowest BCUT2D eigenvalue weighted by Crippen LogP contribution is -2.40. The van der Waals surface area contributed by atoms with Gasteiger partial charge in [-0.05, 0) is 66.1 Å². The number of aliphatic carboxylic acids is 1. The Labute approximate surface area is 200 Å². The Morgan fingerprint density at radius 2 is 1.88 bits per heavy atom. The van der Waals surface area contributed by atoms with E-state index >= 15 is 0 Å². The van der Waals surface area contributed by atoms with Crippen molar-refractivity contribution in [3.05, 3.63) is 59.2 Å². The molecule has 2 aromatic carbocycles. The van der Waals surface area contributed by atoms with Gasteiger partial charge in [0.1, 0.15) is 6.04 Å². The Kier molecular flexibility index (Phi) is 5.98. The summed E-state index contributed by atoms with van der Waals surface area (Å²) in [5.41, 5.74) is 5.11. The van der Waals surface area contributed by atoms with E-state index in [0.717, 1.165) is 50.4 Å². The number of carboxylic acid groups (broad SMARTS) is 1. The van der Waals surface area contributed by atoms with Crippen LogP contribution in [0.5, 0.6) is 0 Å². The molecule has 2 saturated heterocycles. The highest BCUT2D eigenvalue weighted by molar-refractivity contribution is 5.97. The van der Waals surface area contributed by atoms with E-state index in [4.69, 9.17) is 4.74 Å². The number of nitrogens with zero attached hydrogens (tertiary/aromatic N) is 2. The lowest BCUT2D eigenvalue weighted by atomic mass is 9.72. The van der Waals surface area contributed by atoms with Crippen molar-refractivity contribution in [2.45, 2.75) is 45.2 Å². The summed E-state index contributed by atoms with van der Waals surface area (Å²) in [5.74, 6) is -1.11. The zero-order valence-electron chi connectivity index (χ0n) is 19.9. The van der Waals surface area contributed by atoms with Crippen LogP contribution in [-0.4, -0.2) is 60.8 Å². The van der Waals surface area contributed by atoms with Gasteiger partial charge >= 0.3 is 5.97 Å². The predicted octanol–water partition coefficient (Wildman–Crippen LogP) is 3.95. The number of hydrogen-bond donors (Lipinski definition) is 2. The van der Waals surface area contributed by atoms with Gasteiger partial charge in [0, 0.05) is 36.6 Å². The summed E-state index contributed by atoms with van der Waals surface area (Å²) in [6.45, 7) is 8.34. The lowest BCUT2D eigenvalue weighted by molar-refractivity contribution is -0.141. The monoisotopic (exact) mass is 463 g/mol. The van der Waals surface area contributed by atoms with Crippen LogP contribution >= 0.6 is 0 Å². The van der Waals surface area contributed by atoms with Gasteiger partial charge in [0.05, 0.1) is 19.3 Å². The summed E-state index contributed by atoms with van der Waals surface area (Å²) in [6, 6.07) is 13.9. The number of ether oxygens (including phenoxy) is 1. The van der Waals surface area contributed by atoms with Gasteiger partial charge in [-0.3, -0.25) is 4.79 Å². The van der Waals surface area contributed by atoms with E-state index in [-0.39, 0.29) is 17.4 Å². The van der Waals surface area contributed by atoms with E-state index in [1.807, 2.05) is 18.2 Å². The van der Waals surface area contributed by atoms with E-state index in [9.17, 15) is 14.7 Å². The molecule has 3 aliphatic rings. The number of carboxylic acids is 1. The van der Waals surface area contributed by atoms with Crippen LogP contribution in [0.1, 0.15) is 54.2 Å². The first-order valence-corrected chi connectivity index (χ1v) is 12.2. The number of likely N-dealkylation sites (tertiary alicyclic amines) is 1. The van der Waals surface area contributed by atoms with Crippen LogP contribution in [0.2, 0.25) is 0 Å². The molecular formula is C27H33N3O4. The number of benzene rings is 2. The Bertz CT molecular complexity index is 1090. The average molecular weight is 464 g/mol. The second kappa shape index (κ2) is 8.95. The highest BCUT2D eigenvalue weighted by atomic mass is 16.5. The summed E-state index contributed by atoms with van der Waals surface area (Å²) in [5, 5.41) is 13.2. The fraction of sp³-hybridized carbons (Fsp3) is 0.481. The Morgan fingerprint density at radius 1 is 1.09 bits per heavy atom. The molecule has 2 N–H and O–H groups in total. The third-order valence-electron chi connectivity index (χ3n) is 7.46. The summed E-state index contributed by atoms with van der Waals surface area (Å²) in [4.78, 5) is 28.5. The van der Waals surface area contributed by atoms with E-state index in [0.29, 0.717) is 18.5 Å². The summed E-state index contributed by atoms with van der Waals surface area (Å²) >= 11 is 0. The molecule has 2 fully saturated rings. The number of anilines is 2. The minimum atomic E-state index is -0.922. The highest BCUT2D eigenvalue weighted by Crippen LogP contribution is 2.45. The average Bonchev–Trinajstić information content (AvgIpc) is 3.33. The molecule has 2 aromatic rings. The third-order valence-corrected chi connectivity index (χ3v) is 7.46. The smallest absolute Gasteiger partial charge is 0.326 e. The molecule has 0 aliphatic carbocycles. The first kappa shape index (κ1) is 22.7. The van der Waals surface area contributed by atoms with Crippen LogP contribution in [-0.2, 0) is 16.0 Å². The molecule has 0 spiro atoms. The fourth-order valence-corrected chi connectivity index (χ4v) is 5.65. The van der Waals surface area contributed by atoms with Gasteiger partial charge in [0.25, 0.3) is 5.91 Å². The highest BCUT2D eigenvalue weighted by Gasteiger charge is 2.38. The van der Waals surface area contributed by atoms with Gasteiger partial charge in [-0.25, -0.2) is 4.79 Å². The first-order chi connectivity index (χ1) is 16.3. The third kappa shape index (κ3) is 4.25. The van der Waals surface area contributed by atoms with Crippen LogP contribution in [0, 0.1) is 5.41 Å². The molecule has 3 heterocycles. The van der Waals surface area contributed by atoms with Gasteiger partial charge in [0.2, 0.25) is 0 Å². The van der Waals surface area contributed by atoms with E-state index < -0.39 is 12.0 Å². The molecule has 180 valence electrons. The normalized spacial score (nSPS) is 23.8. The fourth-order valence-electron chi connectivity index (χ4n) is 5.65. The molecular weight excluding hydrogens is 430 g/mol. The van der Waals surface area contributed by atoms with Crippen LogP contribution in [0.25, 0.3) is 0 Å². The Balaban J connectivity index is 1.39. The first-order valence-electron chi connectivity index (χ1n) is 12.2. The molecule has 0 saturated carbocycles. The van der Waals surface area contributed by atoms with Crippen molar-refractivity contribution in [3.63, 3.8) is 0 Å². The maximum atomic E-state index is 13.1. The van der Waals surface area contributed by atoms with Crippen LogP contribution in [0.15, 0.2) is 42.5 Å². The molecule has 0 aromatic heterocycles. The van der Waals surface area contributed by atoms with Gasteiger partial charge in [-0.2, -0.15) is 0 Å². The van der Waals surface area contributed by atoms with Crippen molar-refractivity contribution < 1.29 is 19.4 Å². The van der Waals surface area contributed by atoms with Crippen molar-refractivity contribution >= 4 is 23.3 Å². The van der Waals surface area contributed by atoms with Gasteiger partial charge in [0.15, 0.2) is 0 Å². The minimum Gasteiger partial charge on any atom is -0.480 e. The zero-order valence-corrected chi connectivity index (χ0v) is 19.9. The largest absolute Gasteiger partial charge is 0.480 e. The van der Waals surface area contributed by atoms with Crippen molar-refractivity contribution in [2.75, 3.05) is 43.1 Å². The predicted molar refractivity (Wildman–Crippen MR) is 131 cm³/mol. The minimum absolute atomic E-state index is 0.0739. The zero-order chi connectivity index (χ0) is 23.9. The van der Waals surface area contributed by atoms with Crippen LogP contribution in [0.3, 0.4) is 0 Å². The summed E-state index contributed by atoms with van der Waals surface area (Å²) < 4.78 is 5.51. The van der Waals surface area contributed by atoms with Gasteiger partial charge < -0.3 is 25.0 Å². The molecule has 2 atom stereocenters. The van der Waals surface area contributed by atoms with E-state index in [1.165, 1.54) is 16.2 Å². The van der Waals surface area contributed by atoms with E-state index in [2.05, 4.69) is 48.3 Å². The molecule has 1 amide bonds. The molecule has 7 nitrogen and oxygen atoms in total. The van der Waals surface area contributed by atoms with Crippen molar-refractivity contribution in [1.29, 1.82) is 0 Å². The topological polar surface area (TPSA) is 82.1 Å². The second-order valence-electron chi connectivity index (χ2n) is 10.3. The molecule has 5 rings (SSSR count). The summed E-state index contributed by atoms with van der Waals surface area (Å²) in [6.07, 6.45) is 2.07.